The Kier molecular flexibility index (Phi) is 7.30. The molecule has 3 aliphatic rings. The highest BCUT2D eigenvalue weighted by molar-refractivity contribution is 6.07. The van der Waals surface area contributed by atoms with Crippen LogP contribution in [0.5, 0.6) is 11.5 Å². The van der Waals surface area contributed by atoms with Gasteiger partial charge in [0.05, 0.1) is 32.4 Å². The van der Waals surface area contributed by atoms with Gasteiger partial charge in [-0.1, -0.05) is 19.4 Å². The Bertz CT molecular complexity index is 923. The minimum absolute atomic E-state index is 0.0327. The van der Waals surface area contributed by atoms with Crippen molar-refractivity contribution in [2.75, 3.05) is 40.5 Å². The summed E-state index contributed by atoms with van der Waals surface area (Å²) in [5, 5.41) is 3.06. The van der Waals surface area contributed by atoms with Gasteiger partial charge in [0.15, 0.2) is 11.5 Å². The van der Waals surface area contributed by atoms with Crippen molar-refractivity contribution in [2.24, 2.45) is 5.92 Å². The molecule has 0 aromatic heterocycles. The van der Waals surface area contributed by atoms with Crippen molar-refractivity contribution in [3.63, 3.8) is 0 Å². The highest BCUT2D eigenvalue weighted by atomic mass is 16.5. The molecule has 3 aliphatic heterocycles. The monoisotopic (exact) mass is 473 g/mol. The summed E-state index contributed by atoms with van der Waals surface area (Å²) in [5.41, 5.74) is -0.454. The topological polar surface area (TPSA) is 97.4 Å². The fraction of sp³-hybridized carbons (Fsp3) is 0.640. The van der Waals surface area contributed by atoms with Crippen LogP contribution in [0.4, 0.5) is 4.79 Å². The molecule has 4 rings (SSSR count). The molecule has 3 heterocycles. The Hall–Kier alpha value is -2.81. The summed E-state index contributed by atoms with van der Waals surface area (Å²) in [5.74, 6) is 0.627. The van der Waals surface area contributed by atoms with E-state index in [9.17, 15) is 14.4 Å². The van der Waals surface area contributed by atoms with Crippen LogP contribution in [0.25, 0.3) is 0 Å². The molecule has 1 aromatic rings. The molecule has 9 heteroatoms. The first-order valence-corrected chi connectivity index (χ1v) is 12.2. The third-order valence-corrected chi connectivity index (χ3v) is 7.37. The van der Waals surface area contributed by atoms with Crippen LogP contribution >= 0.6 is 0 Å². The molecule has 1 N–H and O–H groups in total. The largest absolute Gasteiger partial charge is 0.493 e. The highest BCUT2D eigenvalue weighted by Gasteiger charge is 2.55. The van der Waals surface area contributed by atoms with Gasteiger partial charge in [-0.15, -0.1) is 0 Å². The number of piperidine rings is 1. The molecular weight excluding hydrogens is 438 g/mol. The second kappa shape index (κ2) is 10.2. The second-order valence-electron chi connectivity index (χ2n) is 9.31. The molecule has 0 bridgehead atoms. The number of amides is 4. The SMILES string of the molecule is CCC[C@@]1(C2CCN(C(=O)c3cccc(OC)c3OC)CC2)NC(=O)N(C[C@H]2CCCO2)C1=O. The zero-order chi connectivity index (χ0) is 24.3. The van der Waals surface area contributed by atoms with Crippen molar-refractivity contribution in [2.45, 2.75) is 57.1 Å². The summed E-state index contributed by atoms with van der Waals surface area (Å²) < 4.78 is 16.4. The fourth-order valence-electron chi connectivity index (χ4n) is 5.65. The lowest BCUT2D eigenvalue weighted by Gasteiger charge is -2.41. The molecule has 3 saturated heterocycles. The van der Waals surface area contributed by atoms with E-state index in [0.29, 0.717) is 62.6 Å². The van der Waals surface area contributed by atoms with E-state index in [1.807, 2.05) is 6.92 Å². The third-order valence-electron chi connectivity index (χ3n) is 7.37. The molecular formula is C25H35N3O6. The van der Waals surface area contributed by atoms with E-state index in [4.69, 9.17) is 14.2 Å². The maximum atomic E-state index is 13.6. The van der Waals surface area contributed by atoms with Crippen LogP contribution < -0.4 is 14.8 Å². The molecule has 0 aliphatic carbocycles. The molecule has 4 amide bonds. The number of methoxy groups -OCH3 is 2. The first kappa shape index (κ1) is 24.3. The Morgan fingerprint density at radius 3 is 2.56 bits per heavy atom. The van der Waals surface area contributed by atoms with Gasteiger partial charge >= 0.3 is 6.03 Å². The number of carbonyl (C=O) groups is 3. The average molecular weight is 474 g/mol. The van der Waals surface area contributed by atoms with Crippen LogP contribution in [0.15, 0.2) is 18.2 Å². The molecule has 0 radical (unpaired) electrons. The van der Waals surface area contributed by atoms with Gasteiger partial charge in [0, 0.05) is 19.7 Å². The van der Waals surface area contributed by atoms with E-state index in [1.165, 1.54) is 12.0 Å². The number of ether oxygens (including phenoxy) is 3. The lowest BCUT2D eigenvalue weighted by Crippen LogP contribution is -2.56. The number of carbonyl (C=O) groups excluding carboxylic acids is 3. The number of nitrogens with one attached hydrogen (secondary N) is 1. The standard InChI is InChI=1S/C25H35N3O6/c1-4-12-25(23(30)28(24(31)26-25)16-18-7-6-15-34-18)17-10-13-27(14-11-17)22(29)19-8-5-9-20(32-2)21(19)33-3/h5,8-9,17-18H,4,6-7,10-16H2,1-3H3,(H,26,31)/t18-,25+/m1/s1. The Morgan fingerprint density at radius 2 is 1.94 bits per heavy atom. The van der Waals surface area contributed by atoms with Crippen LogP contribution in [0, 0.1) is 5.92 Å². The van der Waals surface area contributed by atoms with Crippen LogP contribution in [-0.2, 0) is 9.53 Å². The van der Waals surface area contributed by atoms with Gasteiger partial charge < -0.3 is 24.4 Å². The molecule has 186 valence electrons. The van der Waals surface area contributed by atoms with Crippen molar-refractivity contribution in [1.82, 2.24) is 15.1 Å². The quantitative estimate of drug-likeness (QED) is 0.583. The van der Waals surface area contributed by atoms with Crippen LogP contribution in [0.2, 0.25) is 0 Å². The Labute approximate surface area is 200 Å². The van der Waals surface area contributed by atoms with Crippen molar-refractivity contribution in [3.8, 4) is 11.5 Å². The number of hydrogen-bond donors (Lipinski definition) is 1. The first-order valence-electron chi connectivity index (χ1n) is 12.2. The van der Waals surface area contributed by atoms with E-state index in [0.717, 1.165) is 19.3 Å². The summed E-state index contributed by atoms with van der Waals surface area (Å²) in [4.78, 5) is 42.8. The number of para-hydroxylation sites is 1. The maximum absolute atomic E-state index is 13.6. The molecule has 0 saturated carbocycles. The summed E-state index contributed by atoms with van der Waals surface area (Å²) >= 11 is 0. The molecule has 2 atom stereocenters. The van der Waals surface area contributed by atoms with Gasteiger partial charge in [0.2, 0.25) is 0 Å². The number of likely N-dealkylation sites (tertiary alicyclic amines) is 1. The maximum Gasteiger partial charge on any atom is 0.325 e. The zero-order valence-electron chi connectivity index (χ0n) is 20.3. The van der Waals surface area contributed by atoms with Gasteiger partial charge in [-0.25, -0.2) is 4.79 Å². The van der Waals surface area contributed by atoms with Crippen molar-refractivity contribution in [1.29, 1.82) is 0 Å². The molecule has 9 nitrogen and oxygen atoms in total. The number of urea groups is 1. The number of nitrogens with zero attached hydrogens (tertiary/aromatic N) is 2. The predicted molar refractivity (Wildman–Crippen MR) is 125 cm³/mol. The molecule has 0 spiro atoms. The number of imide groups is 1. The minimum Gasteiger partial charge on any atom is -0.493 e. The summed E-state index contributed by atoms with van der Waals surface area (Å²) in [6, 6.07) is 4.94. The van der Waals surface area contributed by atoms with Gasteiger partial charge in [-0.2, -0.15) is 0 Å². The van der Waals surface area contributed by atoms with Crippen molar-refractivity contribution in [3.05, 3.63) is 23.8 Å². The Morgan fingerprint density at radius 1 is 1.18 bits per heavy atom. The summed E-state index contributed by atoms with van der Waals surface area (Å²) in [6.07, 6.45) is 4.38. The lowest BCUT2D eigenvalue weighted by atomic mass is 9.74. The molecule has 34 heavy (non-hydrogen) atoms. The zero-order valence-corrected chi connectivity index (χ0v) is 20.3. The smallest absolute Gasteiger partial charge is 0.325 e. The predicted octanol–water partition coefficient (Wildman–Crippen LogP) is 2.83. The minimum atomic E-state index is -0.909. The van der Waals surface area contributed by atoms with Crippen LogP contribution in [0.3, 0.4) is 0 Å². The third kappa shape index (κ3) is 4.33. The van der Waals surface area contributed by atoms with E-state index >= 15 is 0 Å². The normalized spacial score (nSPS) is 25.6. The van der Waals surface area contributed by atoms with Crippen molar-refractivity contribution < 1.29 is 28.6 Å². The second-order valence-corrected chi connectivity index (χ2v) is 9.31. The number of rotatable bonds is 8. The molecule has 3 fully saturated rings. The van der Waals surface area contributed by atoms with Gasteiger partial charge in [0.25, 0.3) is 11.8 Å². The van der Waals surface area contributed by atoms with Crippen molar-refractivity contribution >= 4 is 17.8 Å². The van der Waals surface area contributed by atoms with E-state index in [2.05, 4.69) is 5.32 Å². The summed E-state index contributed by atoms with van der Waals surface area (Å²) in [6.45, 7) is 4.02. The first-order chi connectivity index (χ1) is 16.4. The summed E-state index contributed by atoms with van der Waals surface area (Å²) in [7, 11) is 3.06. The fourth-order valence-corrected chi connectivity index (χ4v) is 5.65. The average Bonchev–Trinajstić information content (AvgIpc) is 3.46. The van der Waals surface area contributed by atoms with Gasteiger partial charge in [0.1, 0.15) is 5.54 Å². The van der Waals surface area contributed by atoms with Gasteiger partial charge in [-0.05, 0) is 50.2 Å². The van der Waals surface area contributed by atoms with Crippen LogP contribution in [0.1, 0.15) is 55.8 Å². The van der Waals surface area contributed by atoms with E-state index < -0.39 is 5.54 Å². The van der Waals surface area contributed by atoms with E-state index in [1.54, 1.807) is 30.2 Å². The molecule has 0 unspecified atom stereocenters. The molecule has 1 aromatic carbocycles. The number of benzene rings is 1. The Balaban J connectivity index is 1.47. The van der Waals surface area contributed by atoms with E-state index in [-0.39, 0.29) is 29.9 Å². The van der Waals surface area contributed by atoms with Crippen LogP contribution in [-0.4, -0.2) is 79.7 Å². The highest BCUT2D eigenvalue weighted by Crippen LogP contribution is 2.38. The number of hydrogen-bond acceptors (Lipinski definition) is 6. The lowest BCUT2D eigenvalue weighted by molar-refractivity contribution is -0.135. The van der Waals surface area contributed by atoms with Gasteiger partial charge in [-0.3, -0.25) is 14.5 Å².